The standard InChI is InChI=1S/C15H18N2/c1-2-11-7-5-9-15(17)13(11)10-12-6-3-4-8-14(12)16/h3-9H,2,10,16-17H2,1H3. The van der Waals surface area contributed by atoms with Crippen molar-refractivity contribution in [2.45, 2.75) is 19.8 Å². The molecule has 88 valence electrons. The quantitative estimate of drug-likeness (QED) is 0.790. The minimum atomic E-state index is 0.808. The second-order valence-electron chi connectivity index (χ2n) is 4.21. The van der Waals surface area contributed by atoms with Crippen molar-refractivity contribution >= 4 is 11.4 Å². The largest absolute Gasteiger partial charge is 0.398 e. The van der Waals surface area contributed by atoms with Gasteiger partial charge in [0.1, 0.15) is 0 Å². The Morgan fingerprint density at radius 3 is 2.18 bits per heavy atom. The Morgan fingerprint density at radius 1 is 0.824 bits per heavy atom. The van der Waals surface area contributed by atoms with Gasteiger partial charge in [-0.2, -0.15) is 0 Å². The van der Waals surface area contributed by atoms with Crippen LogP contribution < -0.4 is 11.5 Å². The third-order valence-corrected chi connectivity index (χ3v) is 3.11. The third kappa shape index (κ3) is 2.41. The summed E-state index contributed by atoms with van der Waals surface area (Å²) in [4.78, 5) is 0. The van der Waals surface area contributed by atoms with Gasteiger partial charge in [-0.1, -0.05) is 37.3 Å². The van der Waals surface area contributed by atoms with E-state index in [-0.39, 0.29) is 0 Å². The van der Waals surface area contributed by atoms with Gasteiger partial charge in [-0.3, -0.25) is 0 Å². The first-order chi connectivity index (χ1) is 8.22. The smallest absolute Gasteiger partial charge is 0.0352 e. The van der Waals surface area contributed by atoms with Gasteiger partial charge in [0, 0.05) is 17.8 Å². The van der Waals surface area contributed by atoms with Crippen LogP contribution in [0.5, 0.6) is 0 Å². The van der Waals surface area contributed by atoms with Gasteiger partial charge in [0.05, 0.1) is 0 Å². The van der Waals surface area contributed by atoms with Gasteiger partial charge in [0.15, 0.2) is 0 Å². The molecule has 0 spiro atoms. The molecule has 0 heterocycles. The molecule has 2 aromatic rings. The first-order valence-corrected chi connectivity index (χ1v) is 5.92. The van der Waals surface area contributed by atoms with Crippen molar-refractivity contribution < 1.29 is 0 Å². The van der Waals surface area contributed by atoms with Crippen LogP contribution in [0.15, 0.2) is 42.5 Å². The van der Waals surface area contributed by atoms with Gasteiger partial charge in [-0.05, 0) is 35.2 Å². The lowest BCUT2D eigenvalue weighted by molar-refractivity contribution is 1.07. The number of para-hydroxylation sites is 1. The van der Waals surface area contributed by atoms with Crippen LogP contribution >= 0.6 is 0 Å². The number of nitrogen functional groups attached to an aromatic ring is 2. The Labute approximate surface area is 102 Å². The molecule has 0 aliphatic heterocycles. The Morgan fingerprint density at radius 2 is 1.47 bits per heavy atom. The van der Waals surface area contributed by atoms with Gasteiger partial charge in [-0.25, -0.2) is 0 Å². The summed E-state index contributed by atoms with van der Waals surface area (Å²) in [5.74, 6) is 0. The van der Waals surface area contributed by atoms with Crippen LogP contribution in [0.3, 0.4) is 0 Å². The topological polar surface area (TPSA) is 52.0 Å². The average molecular weight is 226 g/mol. The van der Waals surface area contributed by atoms with E-state index in [2.05, 4.69) is 19.1 Å². The summed E-state index contributed by atoms with van der Waals surface area (Å²) >= 11 is 0. The zero-order chi connectivity index (χ0) is 12.3. The Bertz CT molecular complexity index is 518. The molecule has 0 saturated carbocycles. The highest BCUT2D eigenvalue weighted by atomic mass is 14.6. The maximum absolute atomic E-state index is 6.05. The van der Waals surface area contributed by atoms with Gasteiger partial charge >= 0.3 is 0 Å². The van der Waals surface area contributed by atoms with Crippen LogP contribution in [0.1, 0.15) is 23.6 Å². The predicted octanol–water partition coefficient (Wildman–Crippen LogP) is 3.00. The second kappa shape index (κ2) is 4.91. The van der Waals surface area contributed by atoms with Gasteiger partial charge < -0.3 is 11.5 Å². The van der Waals surface area contributed by atoms with Crippen molar-refractivity contribution in [1.82, 2.24) is 0 Å². The number of aryl methyl sites for hydroxylation is 1. The molecule has 0 radical (unpaired) electrons. The van der Waals surface area contributed by atoms with Crippen LogP contribution in [0, 0.1) is 0 Å². The lowest BCUT2D eigenvalue weighted by Gasteiger charge is -2.12. The number of anilines is 2. The number of rotatable bonds is 3. The number of nitrogens with two attached hydrogens (primary N) is 2. The highest BCUT2D eigenvalue weighted by Gasteiger charge is 2.07. The number of hydrogen-bond acceptors (Lipinski definition) is 2. The van der Waals surface area contributed by atoms with Gasteiger partial charge in [-0.15, -0.1) is 0 Å². The molecule has 0 atom stereocenters. The monoisotopic (exact) mass is 226 g/mol. The normalized spacial score (nSPS) is 10.4. The first-order valence-electron chi connectivity index (χ1n) is 5.92. The molecule has 0 unspecified atom stereocenters. The molecule has 2 aromatic carbocycles. The van der Waals surface area contributed by atoms with Crippen molar-refractivity contribution in [3.63, 3.8) is 0 Å². The summed E-state index contributed by atoms with van der Waals surface area (Å²) in [5, 5.41) is 0. The highest BCUT2D eigenvalue weighted by molar-refractivity contribution is 5.56. The van der Waals surface area contributed by atoms with E-state index in [1.807, 2.05) is 30.3 Å². The molecule has 0 aliphatic carbocycles. The lowest BCUT2D eigenvalue weighted by atomic mass is 9.96. The van der Waals surface area contributed by atoms with Crippen molar-refractivity contribution in [3.05, 3.63) is 59.2 Å². The van der Waals surface area contributed by atoms with E-state index in [1.54, 1.807) is 0 Å². The number of benzene rings is 2. The molecule has 4 N–H and O–H groups in total. The van der Waals surface area contributed by atoms with Crippen LogP contribution in [0.4, 0.5) is 11.4 Å². The predicted molar refractivity (Wildman–Crippen MR) is 73.9 cm³/mol. The molecule has 0 aromatic heterocycles. The minimum absolute atomic E-state index is 0.808. The van der Waals surface area contributed by atoms with E-state index in [1.165, 1.54) is 11.1 Å². The fraction of sp³-hybridized carbons (Fsp3) is 0.200. The van der Waals surface area contributed by atoms with Crippen molar-refractivity contribution in [1.29, 1.82) is 0 Å². The summed E-state index contributed by atoms with van der Waals surface area (Å²) < 4.78 is 0. The van der Waals surface area contributed by atoms with Crippen LogP contribution in [0.2, 0.25) is 0 Å². The summed E-state index contributed by atoms with van der Waals surface area (Å²) in [7, 11) is 0. The van der Waals surface area contributed by atoms with E-state index in [4.69, 9.17) is 11.5 Å². The summed E-state index contributed by atoms with van der Waals surface area (Å²) in [6.07, 6.45) is 1.80. The molecule has 0 bridgehead atoms. The molecular formula is C15H18N2. The van der Waals surface area contributed by atoms with E-state index in [0.29, 0.717) is 0 Å². The van der Waals surface area contributed by atoms with E-state index >= 15 is 0 Å². The lowest BCUT2D eigenvalue weighted by Crippen LogP contribution is -2.02. The van der Waals surface area contributed by atoms with E-state index in [9.17, 15) is 0 Å². The molecule has 0 saturated heterocycles. The molecule has 0 amide bonds. The zero-order valence-electron chi connectivity index (χ0n) is 10.1. The molecule has 2 nitrogen and oxygen atoms in total. The molecule has 0 aliphatic rings. The van der Waals surface area contributed by atoms with Crippen molar-refractivity contribution in [2.24, 2.45) is 0 Å². The SMILES string of the molecule is CCc1cccc(N)c1Cc1ccccc1N. The fourth-order valence-corrected chi connectivity index (χ4v) is 2.09. The second-order valence-corrected chi connectivity index (χ2v) is 4.21. The van der Waals surface area contributed by atoms with E-state index in [0.717, 1.165) is 29.8 Å². The maximum atomic E-state index is 6.05. The van der Waals surface area contributed by atoms with Gasteiger partial charge in [0.25, 0.3) is 0 Å². The summed E-state index contributed by atoms with van der Waals surface area (Å²) in [6.45, 7) is 2.15. The average Bonchev–Trinajstić information content (AvgIpc) is 2.34. The molecule has 2 heteroatoms. The molecule has 17 heavy (non-hydrogen) atoms. The fourth-order valence-electron chi connectivity index (χ4n) is 2.09. The van der Waals surface area contributed by atoms with Crippen LogP contribution in [0.25, 0.3) is 0 Å². The van der Waals surface area contributed by atoms with Crippen molar-refractivity contribution in [2.75, 3.05) is 11.5 Å². The summed E-state index contributed by atoms with van der Waals surface area (Å²) in [5.41, 5.74) is 17.3. The Hall–Kier alpha value is -1.96. The Balaban J connectivity index is 2.39. The highest BCUT2D eigenvalue weighted by Crippen LogP contribution is 2.23. The Kier molecular flexibility index (Phi) is 3.33. The zero-order valence-corrected chi connectivity index (χ0v) is 10.1. The van der Waals surface area contributed by atoms with E-state index < -0.39 is 0 Å². The number of hydrogen-bond donors (Lipinski definition) is 2. The minimum Gasteiger partial charge on any atom is -0.398 e. The summed E-state index contributed by atoms with van der Waals surface area (Å²) in [6, 6.07) is 14.0. The van der Waals surface area contributed by atoms with Crippen LogP contribution in [-0.2, 0) is 12.8 Å². The first kappa shape index (κ1) is 11.5. The third-order valence-electron chi connectivity index (χ3n) is 3.11. The molecule has 2 rings (SSSR count). The molecule has 0 fully saturated rings. The maximum Gasteiger partial charge on any atom is 0.0352 e. The van der Waals surface area contributed by atoms with Gasteiger partial charge in [0.2, 0.25) is 0 Å². The van der Waals surface area contributed by atoms with Crippen LogP contribution in [-0.4, -0.2) is 0 Å². The van der Waals surface area contributed by atoms with Crippen molar-refractivity contribution in [3.8, 4) is 0 Å². The molecular weight excluding hydrogens is 208 g/mol.